The van der Waals surface area contributed by atoms with Crippen molar-refractivity contribution < 1.29 is 13.2 Å². The first kappa shape index (κ1) is 22.9. The molecule has 1 heterocycles. The van der Waals surface area contributed by atoms with Gasteiger partial charge in [-0.05, 0) is 80.3 Å². The summed E-state index contributed by atoms with van der Waals surface area (Å²) in [6, 6.07) is 19.5. The maximum atomic E-state index is 13.3. The third-order valence-corrected chi connectivity index (χ3v) is 7.38. The molecule has 172 valence electrons. The lowest BCUT2D eigenvalue weighted by Crippen LogP contribution is -2.49. The number of carbonyl (C=O) groups is 1. The van der Waals surface area contributed by atoms with Gasteiger partial charge in [-0.2, -0.15) is 0 Å². The van der Waals surface area contributed by atoms with Crippen LogP contribution in [0.1, 0.15) is 28.7 Å². The Morgan fingerprint density at radius 1 is 0.879 bits per heavy atom. The van der Waals surface area contributed by atoms with Crippen LogP contribution in [0.4, 0.5) is 16.2 Å². The smallest absolute Gasteiger partial charge is 0.320 e. The number of sulfonamides is 1. The number of aryl methyl sites for hydroxylation is 3. The number of carbonyl (C=O) groups excluding carboxylic acids is 1. The molecule has 1 N–H and O–H groups in total. The van der Waals surface area contributed by atoms with Gasteiger partial charge in [-0.3, -0.25) is 9.62 Å². The van der Waals surface area contributed by atoms with Gasteiger partial charge < -0.3 is 4.90 Å². The number of benzene rings is 3. The normalized spacial score (nSPS) is 14.5. The number of hydrogen-bond donors (Lipinski definition) is 1. The number of amides is 2. The standard InChI is InChI=1S/C26H29N3O3S/c1-19-16-20(2)25(21(3)17-19)18-28-14-7-15-29(26(28)30)23-12-10-22(11-13-23)27-33(31,32)24-8-5-4-6-9-24/h4-6,8-13,16-17,27H,7,14-15,18H2,1-3H3. The molecule has 33 heavy (non-hydrogen) atoms. The molecule has 1 aliphatic heterocycles. The Kier molecular flexibility index (Phi) is 6.42. The van der Waals surface area contributed by atoms with Crippen LogP contribution in [0.15, 0.2) is 71.6 Å². The number of urea groups is 1. The molecule has 3 aromatic rings. The van der Waals surface area contributed by atoms with Gasteiger partial charge in [-0.15, -0.1) is 0 Å². The van der Waals surface area contributed by atoms with Crippen molar-refractivity contribution in [3.8, 4) is 0 Å². The van der Waals surface area contributed by atoms with Crippen molar-refractivity contribution in [2.45, 2.75) is 38.6 Å². The molecule has 0 aliphatic carbocycles. The van der Waals surface area contributed by atoms with Crippen LogP contribution in [-0.4, -0.2) is 32.4 Å². The Morgan fingerprint density at radius 2 is 1.52 bits per heavy atom. The summed E-state index contributed by atoms with van der Waals surface area (Å²) in [4.78, 5) is 17.1. The lowest BCUT2D eigenvalue weighted by Gasteiger charge is -2.36. The summed E-state index contributed by atoms with van der Waals surface area (Å²) < 4.78 is 27.7. The average Bonchev–Trinajstić information content (AvgIpc) is 2.78. The summed E-state index contributed by atoms with van der Waals surface area (Å²) in [5.74, 6) is 0. The molecule has 1 fully saturated rings. The highest BCUT2D eigenvalue weighted by Crippen LogP contribution is 2.26. The molecular formula is C26H29N3O3S. The van der Waals surface area contributed by atoms with Crippen molar-refractivity contribution in [1.29, 1.82) is 0 Å². The number of nitrogens with zero attached hydrogens (tertiary/aromatic N) is 2. The summed E-state index contributed by atoms with van der Waals surface area (Å²) in [5.41, 5.74) is 6.03. The maximum absolute atomic E-state index is 13.3. The van der Waals surface area contributed by atoms with Crippen LogP contribution in [0, 0.1) is 20.8 Å². The molecule has 2 amide bonds. The van der Waals surface area contributed by atoms with Crippen molar-refractivity contribution in [1.82, 2.24) is 4.90 Å². The van der Waals surface area contributed by atoms with E-state index >= 15 is 0 Å². The molecule has 1 saturated heterocycles. The Bertz CT molecular complexity index is 1230. The Morgan fingerprint density at radius 3 is 2.15 bits per heavy atom. The van der Waals surface area contributed by atoms with E-state index in [1.54, 1.807) is 59.5 Å². The van der Waals surface area contributed by atoms with Crippen LogP contribution in [0.5, 0.6) is 0 Å². The van der Waals surface area contributed by atoms with Gasteiger partial charge in [0.15, 0.2) is 0 Å². The number of nitrogens with one attached hydrogen (secondary N) is 1. The quantitative estimate of drug-likeness (QED) is 0.543. The van der Waals surface area contributed by atoms with Gasteiger partial charge >= 0.3 is 6.03 Å². The summed E-state index contributed by atoms with van der Waals surface area (Å²) in [7, 11) is -3.66. The van der Waals surface area contributed by atoms with Crippen molar-refractivity contribution in [2.75, 3.05) is 22.7 Å². The predicted molar refractivity (Wildman–Crippen MR) is 132 cm³/mol. The Hall–Kier alpha value is -3.32. The summed E-state index contributed by atoms with van der Waals surface area (Å²) >= 11 is 0. The van der Waals surface area contributed by atoms with Crippen LogP contribution in [-0.2, 0) is 16.6 Å². The number of rotatable bonds is 6. The molecule has 0 atom stereocenters. The highest BCUT2D eigenvalue weighted by Gasteiger charge is 2.27. The zero-order valence-corrected chi connectivity index (χ0v) is 20.0. The van der Waals surface area contributed by atoms with Crippen LogP contribution in [0.2, 0.25) is 0 Å². The van der Waals surface area contributed by atoms with Gasteiger partial charge in [0.25, 0.3) is 10.0 Å². The molecular weight excluding hydrogens is 434 g/mol. The number of hydrogen-bond acceptors (Lipinski definition) is 3. The number of anilines is 2. The molecule has 0 radical (unpaired) electrons. The van der Waals surface area contributed by atoms with Gasteiger partial charge in [0.05, 0.1) is 4.90 Å². The minimum absolute atomic E-state index is 0.0294. The minimum atomic E-state index is -3.66. The van der Waals surface area contributed by atoms with E-state index in [9.17, 15) is 13.2 Å². The van der Waals surface area contributed by atoms with E-state index in [1.807, 2.05) is 4.90 Å². The summed E-state index contributed by atoms with van der Waals surface area (Å²) in [6.45, 7) is 8.21. The van der Waals surface area contributed by atoms with Gasteiger partial charge in [-0.25, -0.2) is 13.2 Å². The molecule has 1 aliphatic rings. The fourth-order valence-electron chi connectivity index (χ4n) is 4.34. The van der Waals surface area contributed by atoms with Crippen molar-refractivity contribution in [3.63, 3.8) is 0 Å². The van der Waals surface area contributed by atoms with Gasteiger partial charge in [-0.1, -0.05) is 35.9 Å². The minimum Gasteiger partial charge on any atom is -0.320 e. The fourth-order valence-corrected chi connectivity index (χ4v) is 5.42. The molecule has 6 nitrogen and oxygen atoms in total. The van der Waals surface area contributed by atoms with Crippen LogP contribution in [0.25, 0.3) is 0 Å². The summed E-state index contributed by atoms with van der Waals surface area (Å²) in [5, 5.41) is 0. The van der Waals surface area contributed by atoms with Crippen LogP contribution >= 0.6 is 0 Å². The second kappa shape index (κ2) is 9.27. The lowest BCUT2D eigenvalue weighted by molar-refractivity contribution is 0.192. The fraction of sp³-hybridized carbons (Fsp3) is 0.269. The van der Waals surface area contributed by atoms with Crippen LogP contribution in [0.3, 0.4) is 0 Å². The first-order valence-electron chi connectivity index (χ1n) is 11.1. The van der Waals surface area contributed by atoms with Crippen LogP contribution < -0.4 is 9.62 Å². The highest BCUT2D eigenvalue weighted by atomic mass is 32.2. The zero-order valence-electron chi connectivity index (χ0n) is 19.2. The van der Waals surface area contributed by atoms with E-state index in [4.69, 9.17) is 0 Å². The molecule has 0 bridgehead atoms. The average molecular weight is 464 g/mol. The lowest BCUT2D eigenvalue weighted by atomic mass is 9.99. The molecule has 0 unspecified atom stereocenters. The SMILES string of the molecule is Cc1cc(C)c(CN2CCCN(c3ccc(NS(=O)(=O)c4ccccc4)cc3)C2=O)c(C)c1. The van der Waals surface area contributed by atoms with E-state index in [0.717, 1.165) is 18.7 Å². The Balaban J connectivity index is 1.48. The molecule has 4 rings (SSSR count). The molecule has 0 saturated carbocycles. The molecule has 0 aromatic heterocycles. The zero-order chi connectivity index (χ0) is 23.6. The monoisotopic (exact) mass is 463 g/mol. The first-order valence-corrected chi connectivity index (χ1v) is 12.5. The van der Waals surface area contributed by atoms with Crippen molar-refractivity contribution in [2.24, 2.45) is 0 Å². The van der Waals surface area contributed by atoms with E-state index in [-0.39, 0.29) is 10.9 Å². The van der Waals surface area contributed by atoms with Gasteiger partial charge in [0.1, 0.15) is 0 Å². The highest BCUT2D eigenvalue weighted by molar-refractivity contribution is 7.92. The van der Waals surface area contributed by atoms with E-state index < -0.39 is 10.0 Å². The summed E-state index contributed by atoms with van der Waals surface area (Å²) in [6.07, 6.45) is 0.873. The maximum Gasteiger partial charge on any atom is 0.324 e. The van der Waals surface area contributed by atoms with E-state index in [1.165, 1.54) is 22.3 Å². The first-order chi connectivity index (χ1) is 15.7. The Labute approximate surface area is 195 Å². The predicted octanol–water partition coefficient (Wildman–Crippen LogP) is 5.24. The van der Waals surface area contributed by atoms with Crippen molar-refractivity contribution >= 4 is 27.4 Å². The molecule has 0 spiro atoms. The molecule has 3 aromatic carbocycles. The third kappa shape index (κ3) is 5.03. The second-order valence-electron chi connectivity index (χ2n) is 8.55. The third-order valence-electron chi connectivity index (χ3n) is 5.99. The van der Waals surface area contributed by atoms with Gasteiger partial charge in [0.2, 0.25) is 0 Å². The largest absolute Gasteiger partial charge is 0.324 e. The van der Waals surface area contributed by atoms with Gasteiger partial charge in [0, 0.05) is 31.0 Å². The van der Waals surface area contributed by atoms with Crippen molar-refractivity contribution in [3.05, 3.63) is 89.0 Å². The molecule has 7 heteroatoms. The topological polar surface area (TPSA) is 69.7 Å². The second-order valence-corrected chi connectivity index (χ2v) is 10.2. The van der Waals surface area contributed by atoms with E-state index in [0.29, 0.717) is 18.8 Å². The van der Waals surface area contributed by atoms with E-state index in [2.05, 4.69) is 37.6 Å².